The first kappa shape index (κ1) is 19.0. The Balaban J connectivity index is 1.24. The summed E-state index contributed by atoms with van der Waals surface area (Å²) in [6, 6.07) is 17.0. The molecule has 2 heterocycles. The summed E-state index contributed by atoms with van der Waals surface area (Å²) in [4.78, 5) is 6.79. The van der Waals surface area contributed by atoms with E-state index in [9.17, 15) is 0 Å². The Bertz CT molecular complexity index is 957. The standard InChI is InChI=1S/C24H28N4O2/c1-2-6-21(5-1)29-22-7-3-4-18(16-22)23-17-26-24(30-23)27-19-8-10-20(11-9-19)28-14-12-25-13-15-28/h3-4,7-11,16-17,21,25H,1-2,5-6,12-15H2,(H,26,27). The van der Waals surface area contributed by atoms with E-state index >= 15 is 0 Å². The summed E-state index contributed by atoms with van der Waals surface area (Å²) in [5.41, 5.74) is 3.18. The molecule has 0 unspecified atom stereocenters. The molecular weight excluding hydrogens is 376 g/mol. The Kier molecular flexibility index (Phi) is 5.57. The third kappa shape index (κ3) is 4.44. The Labute approximate surface area is 177 Å². The molecule has 1 saturated carbocycles. The van der Waals surface area contributed by atoms with Crippen LogP contribution in [0.3, 0.4) is 0 Å². The molecule has 2 fully saturated rings. The lowest BCUT2D eigenvalue weighted by Gasteiger charge is -2.29. The number of nitrogens with zero attached hydrogens (tertiary/aromatic N) is 2. The van der Waals surface area contributed by atoms with Crippen molar-refractivity contribution in [1.29, 1.82) is 0 Å². The molecule has 1 aliphatic carbocycles. The summed E-state index contributed by atoms with van der Waals surface area (Å²) in [6.07, 6.45) is 6.92. The van der Waals surface area contributed by atoms with Gasteiger partial charge in [-0.05, 0) is 62.1 Å². The molecule has 0 atom stereocenters. The maximum atomic E-state index is 6.12. The lowest BCUT2D eigenvalue weighted by atomic mass is 10.2. The van der Waals surface area contributed by atoms with Gasteiger partial charge in [-0.3, -0.25) is 0 Å². The number of anilines is 3. The summed E-state index contributed by atoms with van der Waals surface area (Å²) < 4.78 is 12.1. The predicted molar refractivity (Wildman–Crippen MR) is 120 cm³/mol. The maximum Gasteiger partial charge on any atom is 0.299 e. The first-order valence-corrected chi connectivity index (χ1v) is 10.9. The van der Waals surface area contributed by atoms with Gasteiger partial charge in [0.25, 0.3) is 6.01 Å². The summed E-state index contributed by atoms with van der Waals surface area (Å²) in [7, 11) is 0. The van der Waals surface area contributed by atoms with Crippen molar-refractivity contribution in [1.82, 2.24) is 10.3 Å². The van der Waals surface area contributed by atoms with E-state index in [1.54, 1.807) is 6.20 Å². The number of benzene rings is 2. The van der Waals surface area contributed by atoms with Crippen molar-refractivity contribution >= 4 is 17.4 Å². The average molecular weight is 405 g/mol. The zero-order chi connectivity index (χ0) is 20.2. The lowest BCUT2D eigenvalue weighted by Crippen LogP contribution is -2.43. The number of ether oxygens (including phenoxy) is 1. The molecule has 0 radical (unpaired) electrons. The van der Waals surface area contributed by atoms with Gasteiger partial charge in [0.15, 0.2) is 5.76 Å². The van der Waals surface area contributed by atoms with E-state index < -0.39 is 0 Å². The fourth-order valence-electron chi connectivity index (χ4n) is 4.19. The minimum atomic E-state index is 0.344. The van der Waals surface area contributed by atoms with Gasteiger partial charge < -0.3 is 24.7 Å². The van der Waals surface area contributed by atoms with Crippen molar-refractivity contribution in [3.63, 3.8) is 0 Å². The van der Waals surface area contributed by atoms with Crippen molar-refractivity contribution in [2.45, 2.75) is 31.8 Å². The topological polar surface area (TPSA) is 62.6 Å². The van der Waals surface area contributed by atoms with E-state index in [-0.39, 0.29) is 0 Å². The van der Waals surface area contributed by atoms with Crippen molar-refractivity contribution in [2.24, 2.45) is 0 Å². The van der Waals surface area contributed by atoms with Gasteiger partial charge in [-0.1, -0.05) is 12.1 Å². The molecule has 2 aliphatic rings. The first-order valence-electron chi connectivity index (χ1n) is 10.9. The highest BCUT2D eigenvalue weighted by Crippen LogP contribution is 2.30. The van der Waals surface area contributed by atoms with Gasteiger partial charge in [-0.15, -0.1) is 0 Å². The Hall–Kier alpha value is -2.99. The fourth-order valence-corrected chi connectivity index (χ4v) is 4.19. The summed E-state index contributed by atoms with van der Waals surface area (Å²) in [6.45, 7) is 4.15. The maximum absolute atomic E-state index is 6.12. The SMILES string of the molecule is c1cc(OC2CCCC2)cc(-c2cnc(Nc3ccc(N4CCNCC4)cc3)o2)c1. The molecule has 6 nitrogen and oxygen atoms in total. The predicted octanol–water partition coefficient (Wildman–Crippen LogP) is 4.82. The van der Waals surface area contributed by atoms with Crippen molar-refractivity contribution in [2.75, 3.05) is 36.4 Å². The van der Waals surface area contributed by atoms with E-state index in [1.165, 1.54) is 18.5 Å². The zero-order valence-electron chi connectivity index (χ0n) is 17.1. The smallest absolute Gasteiger partial charge is 0.299 e. The van der Waals surface area contributed by atoms with E-state index in [1.807, 2.05) is 24.3 Å². The van der Waals surface area contributed by atoms with Gasteiger partial charge in [0.1, 0.15) is 5.75 Å². The van der Waals surface area contributed by atoms with E-state index in [0.717, 1.165) is 61.8 Å². The molecule has 6 heteroatoms. The monoisotopic (exact) mass is 404 g/mol. The highest BCUT2D eigenvalue weighted by molar-refractivity contribution is 5.62. The van der Waals surface area contributed by atoms with Crippen LogP contribution in [0.15, 0.2) is 59.1 Å². The van der Waals surface area contributed by atoms with Crippen LogP contribution in [0.2, 0.25) is 0 Å². The number of aromatic nitrogens is 1. The number of piperazine rings is 1. The van der Waals surface area contributed by atoms with Crippen LogP contribution >= 0.6 is 0 Å². The number of hydrogen-bond acceptors (Lipinski definition) is 6. The van der Waals surface area contributed by atoms with Crippen LogP contribution in [0, 0.1) is 0 Å². The molecule has 5 rings (SSSR count). The second-order valence-corrected chi connectivity index (χ2v) is 7.99. The molecule has 30 heavy (non-hydrogen) atoms. The van der Waals surface area contributed by atoms with E-state index in [0.29, 0.717) is 12.1 Å². The quantitative estimate of drug-likeness (QED) is 0.614. The fraction of sp³-hybridized carbons (Fsp3) is 0.375. The van der Waals surface area contributed by atoms with Gasteiger partial charge in [0.2, 0.25) is 0 Å². The molecule has 0 bridgehead atoms. The second kappa shape index (κ2) is 8.79. The van der Waals surface area contributed by atoms with Crippen molar-refractivity contribution < 1.29 is 9.15 Å². The van der Waals surface area contributed by atoms with Gasteiger partial charge in [-0.25, -0.2) is 4.98 Å². The Morgan fingerprint density at radius 2 is 1.83 bits per heavy atom. The van der Waals surface area contributed by atoms with Crippen molar-refractivity contribution in [3.05, 3.63) is 54.7 Å². The molecule has 1 aliphatic heterocycles. The van der Waals surface area contributed by atoms with Crippen LogP contribution in [0.4, 0.5) is 17.4 Å². The van der Waals surface area contributed by atoms with Crippen LogP contribution in [0.5, 0.6) is 5.75 Å². The minimum absolute atomic E-state index is 0.344. The molecular formula is C24H28N4O2. The second-order valence-electron chi connectivity index (χ2n) is 7.99. The third-order valence-corrected chi connectivity index (χ3v) is 5.83. The Morgan fingerprint density at radius 1 is 1.03 bits per heavy atom. The lowest BCUT2D eigenvalue weighted by molar-refractivity contribution is 0.210. The molecule has 2 aromatic carbocycles. The molecule has 1 aromatic heterocycles. The molecule has 156 valence electrons. The number of oxazole rings is 1. The van der Waals surface area contributed by atoms with Crippen molar-refractivity contribution in [3.8, 4) is 17.1 Å². The van der Waals surface area contributed by atoms with Gasteiger partial charge >= 0.3 is 0 Å². The van der Waals surface area contributed by atoms with Crippen LogP contribution in [-0.4, -0.2) is 37.3 Å². The van der Waals surface area contributed by atoms with Crippen LogP contribution < -0.4 is 20.3 Å². The largest absolute Gasteiger partial charge is 0.490 e. The molecule has 3 aromatic rings. The average Bonchev–Trinajstić information content (AvgIpc) is 3.48. The van der Waals surface area contributed by atoms with Crippen LogP contribution in [0.1, 0.15) is 25.7 Å². The molecule has 0 spiro atoms. The molecule has 0 amide bonds. The first-order chi connectivity index (χ1) is 14.8. The van der Waals surface area contributed by atoms with E-state index in [4.69, 9.17) is 9.15 Å². The van der Waals surface area contributed by atoms with Crippen LogP contribution in [0.25, 0.3) is 11.3 Å². The van der Waals surface area contributed by atoms with Crippen LogP contribution in [-0.2, 0) is 0 Å². The highest BCUT2D eigenvalue weighted by atomic mass is 16.5. The Morgan fingerprint density at radius 3 is 2.63 bits per heavy atom. The zero-order valence-corrected chi connectivity index (χ0v) is 17.1. The highest BCUT2D eigenvalue weighted by Gasteiger charge is 2.17. The number of nitrogens with one attached hydrogen (secondary N) is 2. The summed E-state index contributed by atoms with van der Waals surface area (Å²) >= 11 is 0. The van der Waals surface area contributed by atoms with Gasteiger partial charge in [0.05, 0.1) is 12.3 Å². The normalized spacial score (nSPS) is 17.3. The minimum Gasteiger partial charge on any atom is -0.490 e. The number of rotatable bonds is 6. The number of hydrogen-bond donors (Lipinski definition) is 2. The summed E-state index contributed by atoms with van der Waals surface area (Å²) in [5.74, 6) is 1.63. The van der Waals surface area contributed by atoms with E-state index in [2.05, 4.69) is 44.8 Å². The van der Waals surface area contributed by atoms with Gasteiger partial charge in [-0.2, -0.15) is 0 Å². The molecule has 1 saturated heterocycles. The summed E-state index contributed by atoms with van der Waals surface area (Å²) in [5, 5.41) is 6.64. The van der Waals surface area contributed by atoms with Gasteiger partial charge in [0, 0.05) is 43.1 Å². The third-order valence-electron chi connectivity index (χ3n) is 5.83. The molecule has 2 N–H and O–H groups in total.